The van der Waals surface area contributed by atoms with Crippen LogP contribution in [0.25, 0.3) is 0 Å². The van der Waals surface area contributed by atoms with Crippen LogP contribution in [0.5, 0.6) is 11.5 Å². The zero-order chi connectivity index (χ0) is 30.7. The quantitative estimate of drug-likeness (QED) is 0.242. The molecule has 3 aromatic rings. The lowest BCUT2D eigenvalue weighted by atomic mass is 10.1. The Morgan fingerprint density at radius 2 is 1.71 bits per heavy atom. The van der Waals surface area contributed by atoms with Gasteiger partial charge in [-0.15, -0.1) is 11.8 Å². The van der Waals surface area contributed by atoms with Gasteiger partial charge < -0.3 is 19.7 Å². The molecule has 11 heteroatoms. The lowest BCUT2D eigenvalue weighted by Crippen LogP contribution is -2.51. The van der Waals surface area contributed by atoms with E-state index in [1.54, 1.807) is 75.6 Å². The van der Waals surface area contributed by atoms with E-state index in [9.17, 15) is 18.0 Å². The predicted molar refractivity (Wildman–Crippen MR) is 167 cm³/mol. The largest absolute Gasteiger partial charge is 0.497 e. The molecule has 0 aliphatic carbocycles. The number of sulfonamides is 1. The van der Waals surface area contributed by atoms with Crippen molar-refractivity contribution < 1.29 is 27.5 Å². The average molecular weight is 614 g/mol. The van der Waals surface area contributed by atoms with Gasteiger partial charge in [-0.25, -0.2) is 8.42 Å². The van der Waals surface area contributed by atoms with Gasteiger partial charge >= 0.3 is 0 Å². The van der Waals surface area contributed by atoms with Crippen LogP contribution in [0.2, 0.25) is 0 Å². The summed E-state index contributed by atoms with van der Waals surface area (Å²) in [6, 6.07) is 19.5. The van der Waals surface area contributed by atoms with Gasteiger partial charge in [-0.1, -0.05) is 31.2 Å². The number of hydrogen-bond donors (Lipinski definition) is 1. The van der Waals surface area contributed by atoms with Crippen molar-refractivity contribution in [1.29, 1.82) is 0 Å². The summed E-state index contributed by atoms with van der Waals surface area (Å²) in [5, 5.41) is 2.84. The summed E-state index contributed by atoms with van der Waals surface area (Å²) >= 11 is 1.50. The number of carbonyl (C=O) groups is 2. The number of benzene rings is 3. The van der Waals surface area contributed by atoms with E-state index in [4.69, 9.17) is 9.47 Å². The Morgan fingerprint density at radius 3 is 2.36 bits per heavy atom. The van der Waals surface area contributed by atoms with Crippen LogP contribution in [0.15, 0.2) is 82.6 Å². The first-order valence-electron chi connectivity index (χ1n) is 13.7. The number of para-hydroxylation sites is 2. The smallest absolute Gasteiger partial charge is 0.264 e. The number of methoxy groups -OCH3 is 1. The normalized spacial score (nSPS) is 11.8. The van der Waals surface area contributed by atoms with Crippen LogP contribution >= 0.6 is 11.8 Å². The van der Waals surface area contributed by atoms with E-state index in [0.717, 1.165) is 21.2 Å². The maximum atomic E-state index is 14.1. The number of rotatable bonds is 15. The van der Waals surface area contributed by atoms with Crippen LogP contribution in [0.4, 0.5) is 5.69 Å². The van der Waals surface area contributed by atoms with Gasteiger partial charge in [0.15, 0.2) is 0 Å². The lowest BCUT2D eigenvalue weighted by molar-refractivity contribution is -0.139. The highest BCUT2D eigenvalue weighted by atomic mass is 32.2. The fourth-order valence-corrected chi connectivity index (χ4v) is 6.11. The van der Waals surface area contributed by atoms with Crippen LogP contribution in [-0.4, -0.2) is 64.2 Å². The Labute approximate surface area is 253 Å². The first kappa shape index (κ1) is 32.8. The van der Waals surface area contributed by atoms with Gasteiger partial charge in [0, 0.05) is 18.0 Å². The summed E-state index contributed by atoms with van der Waals surface area (Å²) in [6.45, 7) is 5.66. The zero-order valence-electron chi connectivity index (χ0n) is 24.7. The van der Waals surface area contributed by atoms with Crippen molar-refractivity contribution in [3.05, 3.63) is 78.4 Å². The van der Waals surface area contributed by atoms with Crippen molar-refractivity contribution >= 4 is 39.3 Å². The highest BCUT2D eigenvalue weighted by Crippen LogP contribution is 2.33. The van der Waals surface area contributed by atoms with Gasteiger partial charge in [0.1, 0.15) is 24.1 Å². The molecule has 2 amide bonds. The molecular formula is C31H39N3O6S2. The average Bonchev–Trinajstić information content (AvgIpc) is 3.01. The first-order valence-corrected chi connectivity index (χ1v) is 16.4. The van der Waals surface area contributed by atoms with Crippen molar-refractivity contribution in [3.8, 4) is 11.5 Å². The predicted octanol–water partition coefficient (Wildman–Crippen LogP) is 4.95. The Balaban J connectivity index is 2.08. The maximum absolute atomic E-state index is 14.1. The van der Waals surface area contributed by atoms with Gasteiger partial charge in [-0.05, 0) is 80.6 Å². The Bertz CT molecular complexity index is 1450. The van der Waals surface area contributed by atoms with E-state index < -0.39 is 28.5 Å². The zero-order valence-corrected chi connectivity index (χ0v) is 26.3. The molecule has 0 bridgehead atoms. The Kier molecular flexibility index (Phi) is 12.1. The molecule has 3 rings (SSSR count). The second-order valence-electron chi connectivity index (χ2n) is 9.43. The molecule has 1 atom stereocenters. The minimum atomic E-state index is -4.22. The molecular weight excluding hydrogens is 574 g/mol. The molecule has 0 spiro atoms. The Hall–Kier alpha value is -3.70. The van der Waals surface area contributed by atoms with E-state index in [0.29, 0.717) is 24.7 Å². The van der Waals surface area contributed by atoms with Crippen LogP contribution in [0, 0.1) is 0 Å². The maximum Gasteiger partial charge on any atom is 0.264 e. The van der Waals surface area contributed by atoms with E-state index in [2.05, 4.69) is 5.32 Å². The molecule has 1 N–H and O–H groups in total. The molecule has 0 saturated carbocycles. The van der Waals surface area contributed by atoms with E-state index in [1.807, 2.05) is 19.2 Å². The summed E-state index contributed by atoms with van der Waals surface area (Å²) in [4.78, 5) is 29.5. The van der Waals surface area contributed by atoms with Crippen molar-refractivity contribution in [3.63, 3.8) is 0 Å². The molecule has 42 heavy (non-hydrogen) atoms. The standard InChI is InChI=1S/C31H39N3O6S2/c1-6-19-32-31(36)23(3)33(21-24-11-10-12-25(20-24)39-4)30(35)22-34(28-13-8-9-14-29(28)40-7-2)42(37,38)27-17-15-26(41-5)16-18-27/h8-18,20,23H,6-7,19,21-22H2,1-5H3,(H,32,36). The monoisotopic (exact) mass is 613 g/mol. The third kappa shape index (κ3) is 8.19. The first-order chi connectivity index (χ1) is 20.2. The number of ether oxygens (including phenoxy) is 2. The number of anilines is 1. The third-order valence-electron chi connectivity index (χ3n) is 6.56. The van der Waals surface area contributed by atoms with E-state index in [-0.39, 0.29) is 23.0 Å². The molecule has 0 heterocycles. The second kappa shape index (κ2) is 15.5. The number of nitrogens with one attached hydrogen (secondary N) is 1. The second-order valence-corrected chi connectivity index (χ2v) is 12.2. The highest BCUT2D eigenvalue weighted by Gasteiger charge is 2.33. The SMILES string of the molecule is CCCNC(=O)C(C)N(Cc1cccc(OC)c1)C(=O)CN(c1ccccc1OCC)S(=O)(=O)c1ccc(SC)cc1. The van der Waals surface area contributed by atoms with Crippen molar-refractivity contribution in [2.45, 2.75) is 49.6 Å². The molecule has 0 aromatic heterocycles. The fraction of sp³-hybridized carbons (Fsp3) is 0.355. The van der Waals surface area contributed by atoms with Crippen LogP contribution in [0.3, 0.4) is 0 Å². The van der Waals surface area contributed by atoms with E-state index in [1.165, 1.54) is 28.8 Å². The summed E-state index contributed by atoms with van der Waals surface area (Å²) in [5.41, 5.74) is 0.959. The van der Waals surface area contributed by atoms with Crippen molar-refractivity contribution in [2.75, 3.05) is 37.4 Å². The Morgan fingerprint density at radius 1 is 1.00 bits per heavy atom. The molecule has 1 unspecified atom stereocenters. The molecule has 0 fully saturated rings. The lowest BCUT2D eigenvalue weighted by Gasteiger charge is -2.32. The minimum Gasteiger partial charge on any atom is -0.497 e. The highest BCUT2D eigenvalue weighted by molar-refractivity contribution is 7.98. The summed E-state index contributed by atoms with van der Waals surface area (Å²) < 4.78 is 40.4. The summed E-state index contributed by atoms with van der Waals surface area (Å²) in [6.07, 6.45) is 2.64. The number of carbonyl (C=O) groups excluding carboxylic acids is 2. The fourth-order valence-electron chi connectivity index (χ4n) is 4.28. The molecule has 0 radical (unpaired) electrons. The summed E-state index contributed by atoms with van der Waals surface area (Å²) in [5.74, 6) is 0.0502. The topological polar surface area (TPSA) is 105 Å². The van der Waals surface area contributed by atoms with Crippen LogP contribution in [0.1, 0.15) is 32.8 Å². The summed E-state index contributed by atoms with van der Waals surface area (Å²) in [7, 11) is -2.67. The molecule has 3 aromatic carbocycles. The number of nitrogens with zero attached hydrogens (tertiary/aromatic N) is 2. The molecule has 0 aliphatic heterocycles. The van der Waals surface area contributed by atoms with Gasteiger partial charge in [-0.3, -0.25) is 13.9 Å². The van der Waals surface area contributed by atoms with Crippen LogP contribution < -0.4 is 19.1 Å². The molecule has 0 saturated heterocycles. The van der Waals surface area contributed by atoms with Gasteiger partial charge in [0.25, 0.3) is 10.0 Å². The molecule has 226 valence electrons. The third-order valence-corrected chi connectivity index (χ3v) is 9.08. The minimum absolute atomic E-state index is 0.0347. The van der Waals surface area contributed by atoms with Crippen molar-refractivity contribution in [2.24, 2.45) is 0 Å². The van der Waals surface area contributed by atoms with Crippen molar-refractivity contribution in [1.82, 2.24) is 10.2 Å². The molecule has 0 aliphatic rings. The number of amides is 2. The van der Waals surface area contributed by atoms with Crippen LogP contribution in [-0.2, 0) is 26.2 Å². The number of thioether (sulfide) groups is 1. The van der Waals surface area contributed by atoms with E-state index >= 15 is 0 Å². The van der Waals surface area contributed by atoms with Gasteiger partial charge in [0.2, 0.25) is 11.8 Å². The number of hydrogen-bond acceptors (Lipinski definition) is 7. The van der Waals surface area contributed by atoms with Gasteiger partial charge in [-0.2, -0.15) is 0 Å². The molecule has 9 nitrogen and oxygen atoms in total. The van der Waals surface area contributed by atoms with Gasteiger partial charge in [0.05, 0.1) is 24.3 Å².